The van der Waals surface area contributed by atoms with E-state index in [9.17, 15) is 9.90 Å². The number of hydrogen-bond donors (Lipinski definition) is 1. The summed E-state index contributed by atoms with van der Waals surface area (Å²) in [6.07, 6.45) is 0. The Balaban J connectivity index is 2.47. The highest BCUT2D eigenvalue weighted by atomic mass is 16.3. The molecule has 2 bridgehead atoms. The number of rotatable bonds is 2. The lowest BCUT2D eigenvalue weighted by molar-refractivity contribution is 0.0489. The molecule has 13 heavy (non-hydrogen) atoms. The molecule has 0 amide bonds. The Morgan fingerprint density at radius 2 is 2.15 bits per heavy atom. The summed E-state index contributed by atoms with van der Waals surface area (Å²) in [6.45, 7) is 2.94. The monoisotopic (exact) mass is 178 g/mol. The molecule has 2 aromatic heterocycles. The molecule has 0 aliphatic carbocycles. The molecule has 0 aromatic carbocycles. The Labute approximate surface area is 75.3 Å². The molecule has 2 heterocycles. The second kappa shape index (κ2) is 2.33. The molecular formula is C10H10O3. The summed E-state index contributed by atoms with van der Waals surface area (Å²) in [6, 6.07) is 5.17. The Bertz CT molecular complexity index is 433. The van der Waals surface area contributed by atoms with Crippen LogP contribution < -0.4 is 0 Å². The van der Waals surface area contributed by atoms with Gasteiger partial charge in [0.2, 0.25) is 0 Å². The molecule has 3 nitrogen and oxygen atoms in total. The van der Waals surface area contributed by atoms with Gasteiger partial charge in [0.1, 0.15) is 16.8 Å². The van der Waals surface area contributed by atoms with Crippen LogP contribution in [-0.2, 0) is 0 Å². The third kappa shape index (κ3) is 1.21. The molecule has 0 saturated carbocycles. The average molecular weight is 178 g/mol. The summed E-state index contributed by atoms with van der Waals surface area (Å²) in [7, 11) is 0. The average Bonchev–Trinajstić information content (AvgIpc) is 2.60. The fraction of sp³-hybridized carbons (Fsp3) is 0.300. The number of furan rings is 2. The van der Waals surface area contributed by atoms with Crippen molar-refractivity contribution in [3.63, 3.8) is 0 Å². The topological polar surface area (TPSA) is 50.4 Å². The van der Waals surface area contributed by atoms with Gasteiger partial charge in [0.25, 0.3) is 0 Å². The molecule has 1 N–H and O–H groups in total. The van der Waals surface area contributed by atoms with Crippen LogP contribution in [0, 0.1) is 0 Å². The number of aliphatic hydroxyl groups is 1. The van der Waals surface area contributed by atoms with Crippen molar-refractivity contribution in [2.45, 2.75) is 19.4 Å². The molecule has 0 aliphatic heterocycles. The van der Waals surface area contributed by atoms with Crippen LogP contribution in [0.2, 0.25) is 0 Å². The highest BCUT2D eigenvalue weighted by Gasteiger charge is 2.28. The number of carbonyl (C=O) groups excluding carboxylic acids is 1. The first-order valence-electron chi connectivity index (χ1n) is 4.07. The molecule has 0 fully saturated rings. The first-order chi connectivity index (χ1) is 5.98. The van der Waals surface area contributed by atoms with E-state index in [-0.39, 0.29) is 5.78 Å². The quantitative estimate of drug-likeness (QED) is 0.713. The predicted molar refractivity (Wildman–Crippen MR) is 48.0 cm³/mol. The molecule has 0 saturated heterocycles. The molecule has 3 heteroatoms. The number of hydrogen-bond acceptors (Lipinski definition) is 3. The molecule has 0 spiro atoms. The highest BCUT2D eigenvalue weighted by Crippen LogP contribution is 2.25. The Hall–Kier alpha value is -1.35. The highest BCUT2D eigenvalue weighted by molar-refractivity contribution is 6.08. The van der Waals surface area contributed by atoms with Gasteiger partial charge >= 0.3 is 0 Å². The van der Waals surface area contributed by atoms with Gasteiger partial charge in [-0.2, -0.15) is 0 Å². The smallest absolute Gasteiger partial charge is 0.197 e. The summed E-state index contributed by atoms with van der Waals surface area (Å²) in [5.41, 5.74) is 0.343. The predicted octanol–water partition coefficient (Wildman–Crippen LogP) is 1.82. The lowest BCUT2D eigenvalue weighted by atomic mass is 9.97. The summed E-state index contributed by atoms with van der Waals surface area (Å²) in [4.78, 5) is 11.6. The number of carbonyl (C=O) groups is 1. The van der Waals surface area contributed by atoms with Gasteiger partial charge in [-0.25, -0.2) is 0 Å². The zero-order valence-corrected chi connectivity index (χ0v) is 7.50. The van der Waals surface area contributed by atoms with Crippen molar-refractivity contribution in [2.24, 2.45) is 0 Å². The summed E-state index contributed by atoms with van der Waals surface area (Å²) >= 11 is 0. The number of ketones is 1. The molecule has 0 aliphatic rings. The van der Waals surface area contributed by atoms with Crippen LogP contribution in [0.3, 0.4) is 0 Å². The first-order valence-corrected chi connectivity index (χ1v) is 4.07. The minimum atomic E-state index is -1.33. The van der Waals surface area contributed by atoms with Crippen LogP contribution in [0.5, 0.6) is 0 Å². The van der Waals surface area contributed by atoms with Crippen molar-refractivity contribution in [3.8, 4) is 0 Å². The van der Waals surface area contributed by atoms with E-state index in [1.54, 1.807) is 18.2 Å². The van der Waals surface area contributed by atoms with Crippen molar-refractivity contribution < 1.29 is 14.3 Å². The number of Topliss-reactive ketones (excluding diaryl/α,β-unsaturated/α-hetero) is 1. The molecule has 2 aromatic rings. The van der Waals surface area contributed by atoms with Crippen molar-refractivity contribution in [1.82, 2.24) is 0 Å². The van der Waals surface area contributed by atoms with E-state index in [0.717, 1.165) is 0 Å². The van der Waals surface area contributed by atoms with E-state index < -0.39 is 5.60 Å². The summed E-state index contributed by atoms with van der Waals surface area (Å²) in [5.74, 6) is -0.304. The van der Waals surface area contributed by atoms with E-state index in [2.05, 4.69) is 0 Å². The first kappa shape index (κ1) is 8.26. The van der Waals surface area contributed by atoms with E-state index in [4.69, 9.17) is 4.42 Å². The Kier molecular flexibility index (Phi) is 1.48. The minimum absolute atomic E-state index is 0.304. The third-order valence-corrected chi connectivity index (χ3v) is 1.98. The molecule has 0 unspecified atom stereocenters. The van der Waals surface area contributed by atoms with Crippen LogP contribution in [0.4, 0.5) is 0 Å². The van der Waals surface area contributed by atoms with Gasteiger partial charge in [-0.05, 0) is 32.0 Å². The maximum atomic E-state index is 11.6. The Morgan fingerprint density at radius 3 is 2.54 bits per heavy atom. The van der Waals surface area contributed by atoms with E-state index >= 15 is 0 Å². The maximum Gasteiger partial charge on any atom is 0.197 e. The number of benzene rings is 1. The fourth-order valence-corrected chi connectivity index (χ4v) is 1.30. The second-order valence-corrected chi connectivity index (χ2v) is 3.65. The van der Waals surface area contributed by atoms with Crippen LogP contribution >= 0.6 is 0 Å². The van der Waals surface area contributed by atoms with Crippen LogP contribution in [0.25, 0.3) is 11.2 Å². The van der Waals surface area contributed by atoms with Gasteiger partial charge < -0.3 is 9.52 Å². The molecule has 2 rings (SSSR count). The van der Waals surface area contributed by atoms with Crippen molar-refractivity contribution in [3.05, 3.63) is 23.8 Å². The maximum absolute atomic E-state index is 11.6. The molecular weight excluding hydrogens is 168 g/mol. The van der Waals surface area contributed by atoms with Crippen molar-refractivity contribution >= 4 is 16.9 Å². The van der Waals surface area contributed by atoms with Crippen molar-refractivity contribution in [1.29, 1.82) is 0 Å². The van der Waals surface area contributed by atoms with Crippen molar-refractivity contribution in [2.75, 3.05) is 0 Å². The van der Waals surface area contributed by atoms with Gasteiger partial charge in [0.05, 0.1) is 5.56 Å². The zero-order chi connectivity index (χ0) is 9.64. The van der Waals surface area contributed by atoms with Gasteiger partial charge in [0, 0.05) is 0 Å². The zero-order valence-electron chi connectivity index (χ0n) is 7.50. The minimum Gasteiger partial charge on any atom is -0.457 e. The summed E-state index contributed by atoms with van der Waals surface area (Å²) in [5, 5.41) is 9.48. The fourth-order valence-electron chi connectivity index (χ4n) is 1.30. The van der Waals surface area contributed by atoms with Gasteiger partial charge in [0.15, 0.2) is 5.78 Å². The molecule has 0 radical (unpaired) electrons. The molecule has 0 atom stereocenters. The van der Waals surface area contributed by atoms with E-state index in [0.29, 0.717) is 16.7 Å². The third-order valence-electron chi connectivity index (χ3n) is 1.98. The van der Waals surface area contributed by atoms with E-state index in [1.165, 1.54) is 13.8 Å². The van der Waals surface area contributed by atoms with Gasteiger partial charge in [-0.3, -0.25) is 4.79 Å². The standard InChI is InChI=1S/C10H10O3/c1-10(2,12)9(11)7-5-6-3-4-8(7)13-6/h3-5,12H,1-2H3. The Morgan fingerprint density at radius 1 is 1.46 bits per heavy atom. The van der Waals surface area contributed by atoms with Crippen LogP contribution in [0.15, 0.2) is 22.6 Å². The van der Waals surface area contributed by atoms with Gasteiger partial charge in [-0.1, -0.05) is 0 Å². The normalized spacial score (nSPS) is 12.5. The van der Waals surface area contributed by atoms with Gasteiger partial charge in [-0.15, -0.1) is 0 Å². The van der Waals surface area contributed by atoms with Crippen LogP contribution in [-0.4, -0.2) is 16.5 Å². The largest absolute Gasteiger partial charge is 0.457 e. The summed E-state index contributed by atoms with van der Waals surface area (Å²) < 4.78 is 5.20. The lowest BCUT2D eigenvalue weighted by Gasteiger charge is -2.13. The van der Waals surface area contributed by atoms with Crippen LogP contribution in [0.1, 0.15) is 24.2 Å². The molecule has 68 valence electrons. The lowest BCUT2D eigenvalue weighted by Crippen LogP contribution is -2.30. The van der Waals surface area contributed by atoms with E-state index in [1.807, 2.05) is 0 Å². The SMILES string of the molecule is CC(C)(O)C(=O)c1cc2ccc1o2. The number of fused-ring (bicyclic) bond motifs is 2. The second-order valence-electron chi connectivity index (χ2n) is 3.65.